The van der Waals surface area contributed by atoms with Crippen molar-refractivity contribution >= 4 is 11.6 Å². The fourth-order valence-electron chi connectivity index (χ4n) is 4.08. The van der Waals surface area contributed by atoms with Crippen LogP contribution in [0.2, 0.25) is 0 Å². The van der Waals surface area contributed by atoms with E-state index in [-0.39, 0.29) is 11.9 Å². The Morgan fingerprint density at radius 2 is 1.83 bits per heavy atom. The predicted molar refractivity (Wildman–Crippen MR) is 119 cm³/mol. The van der Waals surface area contributed by atoms with Gasteiger partial charge in [-0.3, -0.25) is 4.79 Å². The number of amides is 1. The number of phenolic OH excluding ortho intramolecular Hbond substituents is 1. The van der Waals surface area contributed by atoms with Crippen molar-refractivity contribution < 1.29 is 9.90 Å². The topological polar surface area (TPSA) is 55.8 Å². The number of carbonyl (C=O) groups excluding carboxylic acids is 1. The van der Waals surface area contributed by atoms with Crippen molar-refractivity contribution in [2.24, 2.45) is 0 Å². The molecule has 1 amide bonds. The number of nitrogens with one attached hydrogen (secondary N) is 1. The standard InChI is InChI=1S/C24H33N3O2/c1-3-27(4-2)24(29)20-10-8-11-21(17-20)25-22(18-26-13-5-6-14-26)15-19-9-7-12-23(28)16-19/h7-12,16-17,22,25,28H,3-6,13-15,18H2,1-2H3. The Labute approximate surface area is 174 Å². The smallest absolute Gasteiger partial charge is 0.253 e. The Balaban J connectivity index is 1.75. The number of likely N-dealkylation sites (tertiary alicyclic amines) is 1. The van der Waals surface area contributed by atoms with Gasteiger partial charge in [0.25, 0.3) is 5.91 Å². The summed E-state index contributed by atoms with van der Waals surface area (Å²) < 4.78 is 0. The molecule has 3 rings (SSSR count). The maximum absolute atomic E-state index is 12.7. The average Bonchev–Trinajstić information content (AvgIpc) is 3.22. The van der Waals surface area contributed by atoms with E-state index in [2.05, 4.69) is 16.3 Å². The summed E-state index contributed by atoms with van der Waals surface area (Å²) in [5.74, 6) is 0.372. The molecule has 0 bridgehead atoms. The van der Waals surface area contributed by atoms with E-state index in [0.717, 1.165) is 42.9 Å². The van der Waals surface area contributed by atoms with Crippen LogP contribution in [-0.2, 0) is 6.42 Å². The summed E-state index contributed by atoms with van der Waals surface area (Å²) in [4.78, 5) is 17.0. The first-order valence-electron chi connectivity index (χ1n) is 10.7. The number of benzene rings is 2. The van der Waals surface area contributed by atoms with Gasteiger partial charge in [-0.25, -0.2) is 0 Å². The van der Waals surface area contributed by atoms with Crippen molar-refractivity contribution in [1.29, 1.82) is 0 Å². The van der Waals surface area contributed by atoms with Crippen molar-refractivity contribution in [2.45, 2.75) is 39.2 Å². The van der Waals surface area contributed by atoms with Crippen LogP contribution in [0.3, 0.4) is 0 Å². The molecule has 0 aromatic heterocycles. The Morgan fingerprint density at radius 1 is 1.10 bits per heavy atom. The zero-order valence-corrected chi connectivity index (χ0v) is 17.6. The molecule has 1 atom stereocenters. The van der Waals surface area contributed by atoms with E-state index in [9.17, 15) is 9.90 Å². The molecule has 1 aliphatic rings. The Hall–Kier alpha value is -2.53. The summed E-state index contributed by atoms with van der Waals surface area (Å²) in [6, 6.07) is 15.5. The summed E-state index contributed by atoms with van der Waals surface area (Å²) in [7, 11) is 0. The van der Waals surface area contributed by atoms with Gasteiger partial charge in [0.05, 0.1) is 0 Å². The summed E-state index contributed by atoms with van der Waals surface area (Å²) >= 11 is 0. The molecule has 2 aromatic rings. The molecule has 5 heteroatoms. The number of aromatic hydroxyl groups is 1. The molecule has 2 aromatic carbocycles. The van der Waals surface area contributed by atoms with Crippen molar-refractivity contribution in [3.63, 3.8) is 0 Å². The SMILES string of the molecule is CCN(CC)C(=O)c1cccc(NC(Cc2cccc(O)c2)CN2CCCC2)c1. The highest BCUT2D eigenvalue weighted by atomic mass is 16.3. The summed E-state index contributed by atoms with van der Waals surface area (Å²) in [6.07, 6.45) is 3.33. The third kappa shape index (κ3) is 5.97. The van der Waals surface area contributed by atoms with Gasteiger partial charge in [-0.2, -0.15) is 0 Å². The molecule has 1 fully saturated rings. The van der Waals surface area contributed by atoms with Crippen molar-refractivity contribution in [1.82, 2.24) is 9.80 Å². The molecule has 0 spiro atoms. The zero-order valence-electron chi connectivity index (χ0n) is 17.6. The molecule has 0 saturated carbocycles. The van der Waals surface area contributed by atoms with Gasteiger partial charge in [0.2, 0.25) is 0 Å². The Morgan fingerprint density at radius 3 is 2.52 bits per heavy atom. The lowest BCUT2D eigenvalue weighted by molar-refractivity contribution is 0.0773. The van der Waals surface area contributed by atoms with E-state index in [1.807, 2.05) is 55.1 Å². The number of phenols is 1. The van der Waals surface area contributed by atoms with E-state index >= 15 is 0 Å². The monoisotopic (exact) mass is 395 g/mol. The molecule has 1 aliphatic heterocycles. The van der Waals surface area contributed by atoms with Crippen LogP contribution in [0.5, 0.6) is 5.75 Å². The quantitative estimate of drug-likeness (QED) is 0.674. The molecule has 0 radical (unpaired) electrons. The minimum Gasteiger partial charge on any atom is -0.508 e. The van der Waals surface area contributed by atoms with E-state index in [1.165, 1.54) is 12.8 Å². The second-order valence-electron chi connectivity index (χ2n) is 7.78. The van der Waals surface area contributed by atoms with Crippen LogP contribution in [0, 0.1) is 0 Å². The third-order valence-electron chi connectivity index (χ3n) is 5.60. The van der Waals surface area contributed by atoms with Gasteiger partial charge in [-0.1, -0.05) is 18.2 Å². The van der Waals surface area contributed by atoms with Gasteiger partial charge >= 0.3 is 0 Å². The van der Waals surface area contributed by atoms with Gasteiger partial charge in [0.15, 0.2) is 0 Å². The molecule has 5 nitrogen and oxygen atoms in total. The largest absolute Gasteiger partial charge is 0.508 e. The molecular weight excluding hydrogens is 362 g/mol. The summed E-state index contributed by atoms with van der Waals surface area (Å²) in [5, 5.41) is 13.5. The first kappa shape index (κ1) is 21.2. The molecular formula is C24H33N3O2. The Bertz CT molecular complexity index is 798. The summed E-state index contributed by atoms with van der Waals surface area (Å²) in [5.41, 5.74) is 2.79. The van der Waals surface area contributed by atoms with Crippen LogP contribution in [-0.4, -0.2) is 59.6 Å². The van der Waals surface area contributed by atoms with Gasteiger partial charge in [0.1, 0.15) is 5.75 Å². The molecule has 2 N–H and O–H groups in total. The highest BCUT2D eigenvalue weighted by molar-refractivity contribution is 5.95. The maximum atomic E-state index is 12.7. The van der Waals surface area contributed by atoms with Crippen LogP contribution >= 0.6 is 0 Å². The second kappa shape index (κ2) is 10.3. The third-order valence-corrected chi connectivity index (χ3v) is 5.60. The van der Waals surface area contributed by atoms with Gasteiger partial charge in [0, 0.05) is 36.9 Å². The highest BCUT2D eigenvalue weighted by Gasteiger charge is 2.19. The number of hydrogen-bond acceptors (Lipinski definition) is 4. The maximum Gasteiger partial charge on any atom is 0.253 e. The van der Waals surface area contributed by atoms with Gasteiger partial charge < -0.3 is 20.2 Å². The average molecular weight is 396 g/mol. The van der Waals surface area contributed by atoms with E-state index in [1.54, 1.807) is 6.07 Å². The highest BCUT2D eigenvalue weighted by Crippen LogP contribution is 2.19. The minimum atomic E-state index is 0.0720. The van der Waals surface area contributed by atoms with E-state index < -0.39 is 0 Å². The van der Waals surface area contributed by atoms with E-state index in [4.69, 9.17) is 0 Å². The fourth-order valence-corrected chi connectivity index (χ4v) is 4.08. The molecule has 1 heterocycles. The lowest BCUT2D eigenvalue weighted by Gasteiger charge is -2.26. The number of carbonyl (C=O) groups is 1. The van der Waals surface area contributed by atoms with Crippen LogP contribution in [0.25, 0.3) is 0 Å². The minimum absolute atomic E-state index is 0.0720. The van der Waals surface area contributed by atoms with Crippen LogP contribution in [0.1, 0.15) is 42.6 Å². The molecule has 1 unspecified atom stereocenters. The first-order valence-corrected chi connectivity index (χ1v) is 10.7. The predicted octanol–water partition coefficient (Wildman–Crippen LogP) is 3.99. The van der Waals surface area contributed by atoms with E-state index in [0.29, 0.717) is 18.8 Å². The van der Waals surface area contributed by atoms with Crippen LogP contribution in [0.4, 0.5) is 5.69 Å². The number of nitrogens with zero attached hydrogens (tertiary/aromatic N) is 2. The lowest BCUT2D eigenvalue weighted by atomic mass is 10.0. The Kier molecular flexibility index (Phi) is 7.53. The van der Waals surface area contributed by atoms with Crippen molar-refractivity contribution in [3.05, 3.63) is 59.7 Å². The molecule has 1 saturated heterocycles. The number of rotatable bonds is 9. The first-order chi connectivity index (χ1) is 14.1. The lowest BCUT2D eigenvalue weighted by Crippen LogP contribution is -2.36. The molecule has 0 aliphatic carbocycles. The van der Waals surface area contributed by atoms with Crippen LogP contribution in [0.15, 0.2) is 48.5 Å². The number of hydrogen-bond donors (Lipinski definition) is 2. The van der Waals surface area contributed by atoms with Gasteiger partial charge in [-0.05, 0) is 82.1 Å². The zero-order chi connectivity index (χ0) is 20.6. The normalized spacial score (nSPS) is 15.2. The van der Waals surface area contributed by atoms with Crippen molar-refractivity contribution in [3.8, 4) is 5.75 Å². The molecule has 29 heavy (non-hydrogen) atoms. The number of anilines is 1. The fraction of sp³-hybridized carbons (Fsp3) is 0.458. The summed E-state index contributed by atoms with van der Waals surface area (Å²) in [6.45, 7) is 8.65. The van der Waals surface area contributed by atoms with Crippen molar-refractivity contribution in [2.75, 3.05) is 38.0 Å². The van der Waals surface area contributed by atoms with Crippen LogP contribution < -0.4 is 5.32 Å². The molecule has 156 valence electrons. The second-order valence-corrected chi connectivity index (χ2v) is 7.78. The van der Waals surface area contributed by atoms with Gasteiger partial charge in [-0.15, -0.1) is 0 Å².